The highest BCUT2D eigenvalue weighted by atomic mass is 16.7. The van der Waals surface area contributed by atoms with Crippen LogP contribution < -0.4 is 10.1 Å². The Morgan fingerprint density at radius 1 is 0.886 bits per heavy atom. The first-order chi connectivity index (χ1) is 17.1. The van der Waals surface area contributed by atoms with Crippen LogP contribution >= 0.6 is 0 Å². The average Bonchev–Trinajstić information content (AvgIpc) is 3.36. The third kappa shape index (κ3) is 5.72. The van der Waals surface area contributed by atoms with E-state index < -0.39 is 0 Å². The van der Waals surface area contributed by atoms with Gasteiger partial charge in [-0.05, 0) is 66.4 Å². The molecular weight excluding hydrogens is 442 g/mol. The van der Waals surface area contributed by atoms with Gasteiger partial charge in [-0.15, -0.1) is 0 Å². The molecule has 6 heteroatoms. The van der Waals surface area contributed by atoms with Crippen LogP contribution in [-0.2, 0) is 9.47 Å². The van der Waals surface area contributed by atoms with Crippen LogP contribution in [0.25, 0.3) is 10.8 Å². The van der Waals surface area contributed by atoms with Crippen LogP contribution in [0.1, 0.15) is 59.2 Å². The third-order valence-corrected chi connectivity index (χ3v) is 6.86. The minimum atomic E-state index is -0.384. The molecule has 1 aliphatic carbocycles. The highest BCUT2D eigenvalue weighted by Gasteiger charge is 2.40. The van der Waals surface area contributed by atoms with Gasteiger partial charge in [-0.1, -0.05) is 30.3 Å². The molecule has 35 heavy (non-hydrogen) atoms. The zero-order valence-corrected chi connectivity index (χ0v) is 19.8. The number of nitrogens with one attached hydrogen (secondary N) is 1. The summed E-state index contributed by atoms with van der Waals surface area (Å²) in [5, 5.41) is 5.05. The molecule has 0 aromatic heterocycles. The number of hydrogen-bond donors (Lipinski definition) is 1. The molecule has 5 rings (SSSR count). The van der Waals surface area contributed by atoms with E-state index in [0.29, 0.717) is 43.7 Å². The Hall–Kier alpha value is -3.22. The third-order valence-electron chi connectivity index (χ3n) is 6.86. The van der Waals surface area contributed by atoms with Crippen LogP contribution in [0.5, 0.6) is 5.75 Å². The Kier molecular flexibility index (Phi) is 7.11. The molecular formula is C29H31NO5. The van der Waals surface area contributed by atoms with Gasteiger partial charge in [-0.3, -0.25) is 9.59 Å². The van der Waals surface area contributed by atoms with Gasteiger partial charge in [-0.2, -0.15) is 0 Å². The van der Waals surface area contributed by atoms with Crippen LogP contribution in [-0.4, -0.2) is 43.3 Å². The summed E-state index contributed by atoms with van der Waals surface area (Å²) < 4.78 is 17.7. The summed E-state index contributed by atoms with van der Waals surface area (Å²) in [7, 11) is 0. The number of amides is 1. The lowest BCUT2D eigenvalue weighted by atomic mass is 9.92. The normalized spacial score (nSPS) is 17.5. The van der Waals surface area contributed by atoms with E-state index in [1.807, 2.05) is 66.7 Å². The van der Waals surface area contributed by atoms with Crippen molar-refractivity contribution in [1.82, 2.24) is 5.32 Å². The fourth-order valence-electron chi connectivity index (χ4n) is 4.87. The van der Waals surface area contributed by atoms with Gasteiger partial charge in [0.05, 0.1) is 19.3 Å². The van der Waals surface area contributed by atoms with Crippen LogP contribution in [0.2, 0.25) is 0 Å². The van der Waals surface area contributed by atoms with Crippen molar-refractivity contribution in [2.75, 3.05) is 19.8 Å². The molecule has 2 fully saturated rings. The number of benzene rings is 3. The van der Waals surface area contributed by atoms with Crippen molar-refractivity contribution in [3.05, 3.63) is 77.9 Å². The number of Topliss-reactive ketones (excluding diaryl/α,β-unsaturated/α-hetero) is 1. The molecule has 6 nitrogen and oxygen atoms in total. The van der Waals surface area contributed by atoms with Gasteiger partial charge in [0, 0.05) is 36.9 Å². The summed E-state index contributed by atoms with van der Waals surface area (Å²) >= 11 is 0. The summed E-state index contributed by atoms with van der Waals surface area (Å²) in [6.45, 7) is 1.81. The van der Waals surface area contributed by atoms with E-state index in [9.17, 15) is 9.59 Å². The van der Waals surface area contributed by atoms with Crippen LogP contribution in [0.4, 0.5) is 0 Å². The van der Waals surface area contributed by atoms with Gasteiger partial charge in [-0.25, -0.2) is 0 Å². The molecule has 1 aliphatic heterocycles. The fraction of sp³-hybridized carbons (Fsp3) is 0.379. The quantitative estimate of drug-likeness (QED) is 0.355. The molecule has 0 bridgehead atoms. The molecule has 3 aromatic carbocycles. The topological polar surface area (TPSA) is 73.9 Å². The van der Waals surface area contributed by atoms with E-state index in [0.717, 1.165) is 42.2 Å². The number of rotatable bonds is 8. The van der Waals surface area contributed by atoms with Crippen molar-refractivity contribution in [3.63, 3.8) is 0 Å². The van der Waals surface area contributed by atoms with E-state index in [2.05, 4.69) is 5.32 Å². The maximum atomic E-state index is 12.6. The molecule has 3 aromatic rings. The Bertz CT molecular complexity index is 1170. The molecule has 1 heterocycles. The molecule has 0 atom stereocenters. The minimum absolute atomic E-state index is 0.0617. The van der Waals surface area contributed by atoms with Crippen LogP contribution in [0.15, 0.2) is 66.7 Å². The summed E-state index contributed by atoms with van der Waals surface area (Å²) in [6, 6.07) is 21.0. The van der Waals surface area contributed by atoms with Crippen molar-refractivity contribution in [1.29, 1.82) is 0 Å². The maximum absolute atomic E-state index is 12.6. The molecule has 1 N–H and O–H groups in total. The van der Waals surface area contributed by atoms with E-state index in [4.69, 9.17) is 14.2 Å². The summed E-state index contributed by atoms with van der Waals surface area (Å²) in [4.78, 5) is 25.0. The first-order valence-electron chi connectivity index (χ1n) is 12.5. The van der Waals surface area contributed by atoms with Crippen molar-refractivity contribution >= 4 is 22.5 Å². The predicted molar refractivity (Wildman–Crippen MR) is 134 cm³/mol. The lowest BCUT2D eigenvalue weighted by Gasteiger charge is -2.35. The number of ketones is 1. The molecule has 0 unspecified atom stereocenters. The Labute approximate surface area is 205 Å². The summed E-state index contributed by atoms with van der Waals surface area (Å²) in [5.74, 6) is 0.333. The first-order valence-corrected chi connectivity index (χ1v) is 12.5. The molecule has 0 radical (unpaired) electrons. The van der Waals surface area contributed by atoms with Gasteiger partial charge in [0.25, 0.3) is 5.91 Å². The number of carbonyl (C=O) groups excluding carboxylic acids is 2. The largest absolute Gasteiger partial charge is 0.490 e. The monoisotopic (exact) mass is 473 g/mol. The van der Waals surface area contributed by atoms with E-state index in [1.54, 1.807) is 0 Å². The molecule has 1 saturated carbocycles. The maximum Gasteiger partial charge on any atom is 0.251 e. The molecule has 1 amide bonds. The fourth-order valence-corrected chi connectivity index (χ4v) is 4.87. The second-order valence-electron chi connectivity index (χ2n) is 9.29. The van der Waals surface area contributed by atoms with Crippen LogP contribution in [0.3, 0.4) is 0 Å². The van der Waals surface area contributed by atoms with Gasteiger partial charge in [0.1, 0.15) is 5.75 Å². The molecule has 2 aliphatic rings. The Morgan fingerprint density at radius 3 is 2.31 bits per heavy atom. The zero-order chi connectivity index (χ0) is 24.1. The van der Waals surface area contributed by atoms with Crippen molar-refractivity contribution in [2.45, 2.75) is 50.4 Å². The van der Waals surface area contributed by atoms with Gasteiger partial charge in [0.2, 0.25) is 0 Å². The van der Waals surface area contributed by atoms with Crippen molar-refractivity contribution in [2.24, 2.45) is 0 Å². The molecule has 1 saturated heterocycles. The van der Waals surface area contributed by atoms with E-state index in [-0.39, 0.29) is 23.6 Å². The summed E-state index contributed by atoms with van der Waals surface area (Å²) in [5.41, 5.74) is 1.29. The van der Waals surface area contributed by atoms with Crippen LogP contribution in [0, 0.1) is 0 Å². The predicted octanol–water partition coefficient (Wildman–Crippen LogP) is 5.30. The number of ether oxygens (including phenoxy) is 3. The van der Waals surface area contributed by atoms with E-state index in [1.165, 1.54) is 0 Å². The van der Waals surface area contributed by atoms with Crippen molar-refractivity contribution in [3.8, 4) is 5.75 Å². The highest BCUT2D eigenvalue weighted by Crippen LogP contribution is 2.37. The number of fused-ring (bicyclic) bond motifs is 1. The standard InChI is InChI=1S/C29H31NO5/c31-27(6-3-17-30-28(32)24-8-7-21-4-1-2-5-23(21)20-24)22-9-11-25(12-10-22)35-26-13-15-29(16-14-26)33-18-19-34-29/h1-2,4-5,7-12,20,26H,3,6,13-19H2,(H,30,32). The number of carbonyl (C=O) groups is 2. The van der Waals surface area contributed by atoms with Gasteiger partial charge < -0.3 is 19.5 Å². The van der Waals surface area contributed by atoms with Gasteiger partial charge in [0.15, 0.2) is 11.6 Å². The minimum Gasteiger partial charge on any atom is -0.490 e. The Balaban J connectivity index is 1.04. The molecule has 1 spiro atoms. The average molecular weight is 474 g/mol. The van der Waals surface area contributed by atoms with Gasteiger partial charge >= 0.3 is 0 Å². The Morgan fingerprint density at radius 2 is 1.57 bits per heavy atom. The smallest absolute Gasteiger partial charge is 0.251 e. The second-order valence-corrected chi connectivity index (χ2v) is 9.29. The lowest BCUT2D eigenvalue weighted by molar-refractivity contribution is -0.186. The van der Waals surface area contributed by atoms with Crippen molar-refractivity contribution < 1.29 is 23.8 Å². The second kappa shape index (κ2) is 10.6. The first kappa shape index (κ1) is 23.5. The number of hydrogen-bond acceptors (Lipinski definition) is 5. The van der Waals surface area contributed by atoms with E-state index >= 15 is 0 Å². The SMILES string of the molecule is O=C(CCCNC(=O)c1ccc2ccccc2c1)c1ccc(OC2CCC3(CC2)OCCO3)cc1. The lowest BCUT2D eigenvalue weighted by Crippen LogP contribution is -2.38. The zero-order valence-electron chi connectivity index (χ0n) is 19.8. The summed E-state index contributed by atoms with van der Waals surface area (Å²) in [6.07, 6.45) is 4.60. The highest BCUT2D eigenvalue weighted by molar-refractivity contribution is 5.99. The molecule has 182 valence electrons.